The Labute approximate surface area is 163 Å². The lowest BCUT2D eigenvalue weighted by molar-refractivity contribution is 0.0926. The molecule has 144 valence electrons. The number of aromatic nitrogens is 2. The van der Waals surface area contributed by atoms with Gasteiger partial charge in [-0.1, -0.05) is 11.6 Å². The van der Waals surface area contributed by atoms with Gasteiger partial charge in [-0.25, -0.2) is 9.37 Å². The van der Waals surface area contributed by atoms with Gasteiger partial charge in [0.05, 0.1) is 0 Å². The first-order valence-electron chi connectivity index (χ1n) is 8.94. The largest absolute Gasteiger partial charge is 0.363 e. The summed E-state index contributed by atoms with van der Waals surface area (Å²) in [5, 5.41) is 6.55. The number of carbonyl (C=O) groups is 1. The van der Waals surface area contributed by atoms with Gasteiger partial charge in [-0.05, 0) is 49.9 Å². The number of carbonyl (C=O) groups excluding carboxylic acids is 1. The van der Waals surface area contributed by atoms with Crippen LogP contribution in [0.2, 0.25) is 5.02 Å². The molecule has 2 N–H and O–H groups in total. The van der Waals surface area contributed by atoms with Gasteiger partial charge in [0, 0.05) is 43.0 Å². The number of rotatable bonds is 5. The summed E-state index contributed by atoms with van der Waals surface area (Å²) in [4.78, 5) is 23.0. The zero-order valence-electron chi connectivity index (χ0n) is 15.4. The van der Waals surface area contributed by atoms with Gasteiger partial charge < -0.3 is 15.5 Å². The first-order chi connectivity index (χ1) is 12.9. The molecule has 0 unspecified atom stereocenters. The summed E-state index contributed by atoms with van der Waals surface area (Å²) >= 11 is 5.82. The average molecular weight is 392 g/mol. The summed E-state index contributed by atoms with van der Waals surface area (Å²) in [6, 6.07) is 6.04. The topological polar surface area (TPSA) is 70.2 Å². The minimum Gasteiger partial charge on any atom is -0.363 e. The van der Waals surface area contributed by atoms with E-state index in [1.807, 2.05) is 25.1 Å². The molecule has 1 aromatic heterocycles. The second kappa shape index (κ2) is 8.52. The van der Waals surface area contributed by atoms with Crippen molar-refractivity contribution in [3.8, 4) is 0 Å². The van der Waals surface area contributed by atoms with Crippen molar-refractivity contribution >= 4 is 29.3 Å². The lowest BCUT2D eigenvalue weighted by Crippen LogP contribution is -2.40. The van der Waals surface area contributed by atoms with Gasteiger partial charge in [0.2, 0.25) is 5.95 Å². The predicted molar refractivity (Wildman–Crippen MR) is 105 cm³/mol. The molecule has 0 bridgehead atoms. The zero-order chi connectivity index (χ0) is 19.4. The molecule has 1 aromatic carbocycles. The van der Waals surface area contributed by atoms with E-state index in [4.69, 9.17) is 11.6 Å². The molecule has 0 aliphatic heterocycles. The molecule has 0 saturated heterocycles. The van der Waals surface area contributed by atoms with Crippen LogP contribution >= 0.6 is 11.6 Å². The van der Waals surface area contributed by atoms with Crippen molar-refractivity contribution in [1.29, 1.82) is 0 Å². The quantitative estimate of drug-likeness (QED) is 0.816. The van der Waals surface area contributed by atoms with E-state index >= 15 is 0 Å². The highest BCUT2D eigenvalue weighted by Gasteiger charge is 2.23. The maximum Gasteiger partial charge on any atom is 0.251 e. The van der Waals surface area contributed by atoms with Gasteiger partial charge in [0.25, 0.3) is 5.91 Å². The van der Waals surface area contributed by atoms with Gasteiger partial charge >= 0.3 is 0 Å². The predicted octanol–water partition coefficient (Wildman–Crippen LogP) is 3.49. The van der Waals surface area contributed by atoms with Crippen LogP contribution < -0.4 is 15.5 Å². The standard InChI is InChI=1S/C19H23ClFN5O/c1-26(2)17-7-8-22-19(25-17)24-16-5-3-15(4-6-16)23-18(27)12-9-13(20)11-14(21)10-12/h7-11,15-16H,3-6H2,1-2H3,(H,23,27)(H,22,24,25). The van der Waals surface area contributed by atoms with E-state index in [1.54, 1.807) is 6.20 Å². The number of halogens is 2. The van der Waals surface area contributed by atoms with Gasteiger partial charge in [-0.15, -0.1) is 0 Å². The molecule has 1 aliphatic rings. The van der Waals surface area contributed by atoms with Gasteiger partial charge in [0.1, 0.15) is 11.6 Å². The van der Waals surface area contributed by atoms with Crippen LogP contribution in [0, 0.1) is 5.82 Å². The number of hydrogen-bond acceptors (Lipinski definition) is 5. The van der Waals surface area contributed by atoms with Crippen molar-refractivity contribution in [2.75, 3.05) is 24.3 Å². The van der Waals surface area contributed by atoms with E-state index in [0.717, 1.165) is 31.5 Å². The Morgan fingerprint density at radius 1 is 1.19 bits per heavy atom. The molecule has 1 saturated carbocycles. The molecule has 1 fully saturated rings. The molecule has 3 rings (SSSR count). The van der Waals surface area contributed by atoms with E-state index in [1.165, 1.54) is 18.2 Å². The molecule has 6 nitrogen and oxygen atoms in total. The van der Waals surface area contributed by atoms with E-state index < -0.39 is 5.82 Å². The zero-order valence-corrected chi connectivity index (χ0v) is 16.1. The monoisotopic (exact) mass is 391 g/mol. The molecule has 2 aromatic rings. The Balaban J connectivity index is 1.51. The van der Waals surface area contributed by atoms with Gasteiger partial charge in [0.15, 0.2) is 0 Å². The molecular formula is C19H23ClFN5O. The number of amides is 1. The molecule has 27 heavy (non-hydrogen) atoms. The van der Waals surface area contributed by atoms with Crippen molar-refractivity contribution < 1.29 is 9.18 Å². The second-order valence-corrected chi connectivity index (χ2v) is 7.39. The number of nitrogens with one attached hydrogen (secondary N) is 2. The fourth-order valence-corrected chi connectivity index (χ4v) is 3.41. The number of anilines is 2. The highest BCUT2D eigenvalue weighted by atomic mass is 35.5. The SMILES string of the molecule is CN(C)c1ccnc(NC2CCC(NC(=O)c3cc(F)cc(Cl)c3)CC2)n1. The number of hydrogen-bond donors (Lipinski definition) is 2. The Morgan fingerprint density at radius 2 is 1.89 bits per heavy atom. The highest BCUT2D eigenvalue weighted by Crippen LogP contribution is 2.22. The third kappa shape index (κ3) is 5.29. The lowest BCUT2D eigenvalue weighted by Gasteiger charge is -2.29. The van der Waals surface area contributed by atoms with Crippen LogP contribution in [0.1, 0.15) is 36.0 Å². The molecule has 0 radical (unpaired) electrons. The highest BCUT2D eigenvalue weighted by molar-refractivity contribution is 6.31. The van der Waals surface area contributed by atoms with E-state index in [2.05, 4.69) is 20.6 Å². The van der Waals surface area contributed by atoms with Crippen molar-refractivity contribution in [3.05, 3.63) is 46.9 Å². The summed E-state index contributed by atoms with van der Waals surface area (Å²) in [7, 11) is 3.87. The molecule has 1 amide bonds. The van der Waals surface area contributed by atoms with Gasteiger partial charge in [-0.2, -0.15) is 4.98 Å². The lowest BCUT2D eigenvalue weighted by atomic mass is 9.91. The van der Waals surface area contributed by atoms with Crippen LogP contribution in [0.4, 0.5) is 16.2 Å². The van der Waals surface area contributed by atoms with E-state index in [0.29, 0.717) is 5.95 Å². The smallest absolute Gasteiger partial charge is 0.251 e. The first-order valence-corrected chi connectivity index (χ1v) is 9.32. The first kappa shape index (κ1) is 19.4. The minimum atomic E-state index is -0.513. The van der Waals surface area contributed by atoms with Crippen molar-refractivity contribution in [3.63, 3.8) is 0 Å². The third-order valence-electron chi connectivity index (χ3n) is 4.62. The fourth-order valence-electron chi connectivity index (χ4n) is 3.19. The van der Waals surface area contributed by atoms with Crippen molar-refractivity contribution in [2.45, 2.75) is 37.8 Å². The van der Waals surface area contributed by atoms with Crippen LogP contribution in [0.15, 0.2) is 30.5 Å². The fraction of sp³-hybridized carbons (Fsp3) is 0.421. The van der Waals surface area contributed by atoms with Gasteiger partial charge in [-0.3, -0.25) is 4.79 Å². The summed E-state index contributed by atoms with van der Waals surface area (Å²) in [6.07, 6.45) is 5.19. The second-order valence-electron chi connectivity index (χ2n) is 6.96. The summed E-state index contributed by atoms with van der Waals surface area (Å²) in [6.45, 7) is 0. The minimum absolute atomic E-state index is 0.0617. The molecule has 0 spiro atoms. The molecular weight excluding hydrogens is 369 g/mol. The average Bonchev–Trinajstić information content (AvgIpc) is 2.63. The van der Waals surface area contributed by atoms with Crippen LogP contribution in [-0.4, -0.2) is 42.1 Å². The van der Waals surface area contributed by atoms with Crippen LogP contribution in [0.3, 0.4) is 0 Å². The Hall–Kier alpha value is -2.41. The molecule has 0 atom stereocenters. The summed E-state index contributed by atoms with van der Waals surface area (Å²) < 4.78 is 13.4. The van der Waals surface area contributed by atoms with E-state index in [9.17, 15) is 9.18 Å². The summed E-state index contributed by atoms with van der Waals surface area (Å²) in [5.74, 6) is 0.653. The van der Waals surface area contributed by atoms with E-state index in [-0.39, 0.29) is 28.6 Å². The normalized spacial score (nSPS) is 19.4. The molecule has 8 heteroatoms. The Kier molecular flexibility index (Phi) is 6.11. The Morgan fingerprint density at radius 3 is 2.56 bits per heavy atom. The van der Waals surface area contributed by atoms with Crippen LogP contribution in [0.5, 0.6) is 0 Å². The van der Waals surface area contributed by atoms with Crippen LogP contribution in [-0.2, 0) is 0 Å². The van der Waals surface area contributed by atoms with Crippen molar-refractivity contribution in [1.82, 2.24) is 15.3 Å². The Bertz CT molecular complexity index is 788. The number of nitrogens with zero attached hydrogens (tertiary/aromatic N) is 3. The van der Waals surface area contributed by atoms with Crippen LogP contribution in [0.25, 0.3) is 0 Å². The third-order valence-corrected chi connectivity index (χ3v) is 4.84. The molecule has 1 heterocycles. The maximum absolute atomic E-state index is 13.4. The number of benzene rings is 1. The maximum atomic E-state index is 13.4. The molecule has 1 aliphatic carbocycles. The van der Waals surface area contributed by atoms with Crippen molar-refractivity contribution in [2.24, 2.45) is 0 Å². The summed E-state index contributed by atoms with van der Waals surface area (Å²) in [5.41, 5.74) is 0.245.